The summed E-state index contributed by atoms with van der Waals surface area (Å²) in [6, 6.07) is 11.7. The van der Waals surface area contributed by atoms with Crippen molar-refractivity contribution < 1.29 is 8.95 Å². The number of imidazole rings is 1. The summed E-state index contributed by atoms with van der Waals surface area (Å²) in [7, 11) is 0.609. The summed E-state index contributed by atoms with van der Waals surface area (Å²) in [5.74, 6) is 1.69. The van der Waals surface area contributed by atoms with Crippen LogP contribution in [0.1, 0.15) is 16.8 Å². The van der Waals surface area contributed by atoms with Crippen LogP contribution in [0.15, 0.2) is 48.8 Å². The molecule has 0 saturated heterocycles. The van der Waals surface area contributed by atoms with E-state index in [9.17, 15) is 4.21 Å². The Balaban J connectivity index is 1.77. The van der Waals surface area contributed by atoms with Crippen LogP contribution in [-0.2, 0) is 22.3 Å². The highest BCUT2D eigenvalue weighted by molar-refractivity contribution is 7.83. The number of para-hydroxylation sites is 1. The summed E-state index contributed by atoms with van der Waals surface area (Å²) in [5.41, 5.74) is 3.85. The van der Waals surface area contributed by atoms with Gasteiger partial charge in [-0.1, -0.05) is 24.3 Å². The molecular weight excluding hydrogens is 296 g/mol. The molecule has 0 saturated carbocycles. The first-order valence-corrected chi connectivity index (χ1v) is 8.56. The Hall–Kier alpha value is -2.14. The molecular formula is C17H18N2O2S. The Morgan fingerprint density at radius 2 is 2.00 bits per heavy atom. The third-order valence-electron chi connectivity index (χ3n) is 3.55. The SMILES string of the molecule is COc1ccccc1C[S@@](=O)Cc1cn2cccc(C)c2n1. The first kappa shape index (κ1) is 14.8. The molecule has 2 heterocycles. The van der Waals surface area contributed by atoms with E-state index in [1.807, 2.05) is 60.1 Å². The lowest BCUT2D eigenvalue weighted by molar-refractivity contribution is 0.411. The molecule has 0 amide bonds. The number of benzene rings is 1. The molecule has 0 spiro atoms. The van der Waals surface area contributed by atoms with Crippen molar-refractivity contribution in [1.82, 2.24) is 9.38 Å². The van der Waals surface area contributed by atoms with Crippen LogP contribution >= 0.6 is 0 Å². The zero-order valence-corrected chi connectivity index (χ0v) is 13.5. The molecule has 0 fully saturated rings. The predicted octanol–water partition coefficient (Wildman–Crippen LogP) is 3.10. The molecule has 114 valence electrons. The van der Waals surface area contributed by atoms with Crippen molar-refractivity contribution in [3.05, 3.63) is 65.6 Å². The Morgan fingerprint density at radius 3 is 2.77 bits per heavy atom. The van der Waals surface area contributed by atoms with Gasteiger partial charge in [0.2, 0.25) is 0 Å². The number of ether oxygens (including phenoxy) is 1. The van der Waals surface area contributed by atoms with Crippen LogP contribution in [0, 0.1) is 6.92 Å². The summed E-state index contributed by atoms with van der Waals surface area (Å²) in [6.45, 7) is 2.03. The molecule has 0 aliphatic rings. The lowest BCUT2D eigenvalue weighted by Gasteiger charge is -2.07. The van der Waals surface area contributed by atoms with E-state index in [-0.39, 0.29) is 0 Å². The number of pyridine rings is 1. The molecule has 3 aromatic rings. The van der Waals surface area contributed by atoms with Crippen LogP contribution in [-0.4, -0.2) is 20.7 Å². The molecule has 5 heteroatoms. The second kappa shape index (κ2) is 6.32. The molecule has 0 N–H and O–H groups in total. The Labute approximate surface area is 132 Å². The number of aromatic nitrogens is 2. The highest BCUT2D eigenvalue weighted by Gasteiger charge is 2.10. The van der Waals surface area contributed by atoms with E-state index in [0.29, 0.717) is 11.5 Å². The number of fused-ring (bicyclic) bond motifs is 1. The molecule has 1 aromatic carbocycles. The molecule has 2 aromatic heterocycles. The van der Waals surface area contributed by atoms with Crippen LogP contribution in [0.2, 0.25) is 0 Å². The van der Waals surface area contributed by atoms with Gasteiger partial charge in [0.25, 0.3) is 0 Å². The van der Waals surface area contributed by atoms with E-state index in [2.05, 4.69) is 4.98 Å². The zero-order chi connectivity index (χ0) is 15.5. The van der Waals surface area contributed by atoms with E-state index < -0.39 is 10.8 Å². The molecule has 1 atom stereocenters. The molecule has 4 nitrogen and oxygen atoms in total. The second-order valence-corrected chi connectivity index (χ2v) is 6.65. The van der Waals surface area contributed by atoms with Crippen molar-refractivity contribution in [3.8, 4) is 5.75 Å². The minimum absolute atomic E-state index is 0.444. The van der Waals surface area contributed by atoms with Gasteiger partial charge in [0.05, 0.1) is 24.3 Å². The van der Waals surface area contributed by atoms with E-state index in [4.69, 9.17) is 4.74 Å². The highest BCUT2D eigenvalue weighted by atomic mass is 32.2. The monoisotopic (exact) mass is 314 g/mol. The van der Waals surface area contributed by atoms with Crippen molar-refractivity contribution >= 4 is 16.4 Å². The van der Waals surface area contributed by atoms with Crippen molar-refractivity contribution in [1.29, 1.82) is 0 Å². The Bertz CT molecular complexity index is 826. The maximum absolute atomic E-state index is 12.4. The van der Waals surface area contributed by atoms with Gasteiger partial charge in [0, 0.05) is 28.8 Å². The quantitative estimate of drug-likeness (QED) is 0.727. The number of nitrogens with zero attached hydrogens (tertiary/aromatic N) is 2. The molecule has 0 aliphatic heterocycles. The van der Waals surface area contributed by atoms with Gasteiger partial charge in [-0.25, -0.2) is 4.98 Å². The number of hydrogen-bond acceptors (Lipinski definition) is 3. The van der Waals surface area contributed by atoms with Gasteiger partial charge in [0.15, 0.2) is 0 Å². The molecule has 0 aliphatic carbocycles. The number of aryl methyl sites for hydroxylation is 1. The Morgan fingerprint density at radius 1 is 1.18 bits per heavy atom. The third-order valence-corrected chi connectivity index (χ3v) is 4.80. The van der Waals surface area contributed by atoms with E-state index in [0.717, 1.165) is 28.2 Å². The van der Waals surface area contributed by atoms with Gasteiger partial charge >= 0.3 is 0 Å². The smallest absolute Gasteiger partial charge is 0.139 e. The second-order valence-electron chi connectivity index (χ2n) is 5.19. The van der Waals surface area contributed by atoms with E-state index in [1.54, 1.807) is 7.11 Å². The minimum atomic E-state index is -1.02. The molecule has 0 radical (unpaired) electrons. The summed E-state index contributed by atoms with van der Waals surface area (Å²) in [6.07, 6.45) is 3.91. The van der Waals surface area contributed by atoms with Crippen molar-refractivity contribution in [3.63, 3.8) is 0 Å². The van der Waals surface area contributed by atoms with Gasteiger partial charge in [-0.3, -0.25) is 4.21 Å². The van der Waals surface area contributed by atoms with Crippen LogP contribution in [0.5, 0.6) is 5.75 Å². The average molecular weight is 314 g/mol. The average Bonchev–Trinajstić information content (AvgIpc) is 2.91. The first-order chi connectivity index (χ1) is 10.7. The lowest BCUT2D eigenvalue weighted by Crippen LogP contribution is -2.01. The summed E-state index contributed by atoms with van der Waals surface area (Å²) in [4.78, 5) is 4.58. The van der Waals surface area contributed by atoms with Gasteiger partial charge in [-0.05, 0) is 24.6 Å². The van der Waals surface area contributed by atoms with Crippen LogP contribution in [0.3, 0.4) is 0 Å². The molecule has 3 rings (SSSR count). The highest BCUT2D eigenvalue weighted by Crippen LogP contribution is 2.20. The van der Waals surface area contributed by atoms with Crippen LogP contribution in [0.4, 0.5) is 0 Å². The molecule has 22 heavy (non-hydrogen) atoms. The number of methoxy groups -OCH3 is 1. The third kappa shape index (κ3) is 3.04. The molecule has 0 bridgehead atoms. The number of rotatable bonds is 5. The maximum Gasteiger partial charge on any atom is 0.139 e. The minimum Gasteiger partial charge on any atom is -0.496 e. The summed E-state index contributed by atoms with van der Waals surface area (Å²) < 4.78 is 19.7. The van der Waals surface area contributed by atoms with Crippen LogP contribution in [0.25, 0.3) is 5.65 Å². The standard InChI is InChI=1S/C17H18N2O2S/c1-13-6-5-9-19-10-15(18-17(13)19)12-22(20)11-14-7-3-4-8-16(14)21-2/h3-10H,11-12H2,1-2H3/t22-/m1/s1. The van der Waals surface area contributed by atoms with E-state index in [1.165, 1.54) is 0 Å². The molecule has 0 unspecified atom stereocenters. The van der Waals surface area contributed by atoms with Crippen molar-refractivity contribution in [2.24, 2.45) is 0 Å². The van der Waals surface area contributed by atoms with Crippen molar-refractivity contribution in [2.75, 3.05) is 7.11 Å². The van der Waals surface area contributed by atoms with E-state index >= 15 is 0 Å². The predicted molar refractivity (Wildman–Crippen MR) is 88.5 cm³/mol. The summed E-state index contributed by atoms with van der Waals surface area (Å²) >= 11 is 0. The fourth-order valence-electron chi connectivity index (χ4n) is 2.49. The largest absolute Gasteiger partial charge is 0.496 e. The van der Waals surface area contributed by atoms with Gasteiger partial charge < -0.3 is 9.14 Å². The fraction of sp³-hybridized carbons (Fsp3) is 0.235. The fourth-order valence-corrected chi connectivity index (χ4v) is 3.64. The van der Waals surface area contributed by atoms with Crippen LogP contribution < -0.4 is 4.74 Å². The topological polar surface area (TPSA) is 43.6 Å². The van der Waals surface area contributed by atoms with Gasteiger partial charge in [0.1, 0.15) is 11.4 Å². The first-order valence-electron chi connectivity index (χ1n) is 7.07. The van der Waals surface area contributed by atoms with Crippen molar-refractivity contribution in [2.45, 2.75) is 18.4 Å². The van der Waals surface area contributed by atoms with Gasteiger partial charge in [-0.2, -0.15) is 0 Å². The number of hydrogen-bond donors (Lipinski definition) is 0. The normalized spacial score (nSPS) is 12.5. The lowest BCUT2D eigenvalue weighted by atomic mass is 10.2. The Kier molecular flexibility index (Phi) is 4.24. The summed E-state index contributed by atoms with van der Waals surface area (Å²) in [5, 5.41) is 0. The zero-order valence-electron chi connectivity index (χ0n) is 12.7. The maximum atomic E-state index is 12.4. The van der Waals surface area contributed by atoms with Gasteiger partial charge in [-0.15, -0.1) is 0 Å².